The van der Waals surface area contributed by atoms with Crippen molar-refractivity contribution in [3.8, 4) is 0 Å². The van der Waals surface area contributed by atoms with Crippen molar-refractivity contribution in [3.63, 3.8) is 0 Å². The molecular formula is C21H33N3O2. The van der Waals surface area contributed by atoms with E-state index in [1.165, 1.54) is 0 Å². The number of hydrogen-bond donors (Lipinski definition) is 3. The summed E-state index contributed by atoms with van der Waals surface area (Å²) in [5, 5.41) is 9.40. The van der Waals surface area contributed by atoms with Crippen molar-refractivity contribution in [1.82, 2.24) is 16.0 Å². The Bertz CT molecular complexity index is 614. The summed E-state index contributed by atoms with van der Waals surface area (Å²) in [6, 6.07) is 8.07. The Labute approximate surface area is 157 Å². The van der Waals surface area contributed by atoms with E-state index in [4.69, 9.17) is 0 Å². The molecule has 0 bridgehead atoms. The summed E-state index contributed by atoms with van der Waals surface area (Å²) in [7, 11) is 0. The monoisotopic (exact) mass is 359 g/mol. The topological polar surface area (TPSA) is 70.2 Å². The van der Waals surface area contributed by atoms with Gasteiger partial charge in [-0.2, -0.15) is 0 Å². The second kappa shape index (κ2) is 9.17. The number of aryl methyl sites for hydroxylation is 1. The Hall–Kier alpha value is -1.88. The fraction of sp³-hybridized carbons (Fsp3) is 0.619. The minimum Gasteiger partial charge on any atom is -0.352 e. The molecule has 0 aliphatic heterocycles. The van der Waals surface area contributed by atoms with Gasteiger partial charge in [0.05, 0.1) is 6.54 Å². The number of hydrogen-bond acceptors (Lipinski definition) is 3. The lowest BCUT2D eigenvalue weighted by atomic mass is 9.86. The summed E-state index contributed by atoms with van der Waals surface area (Å²) < 4.78 is 0. The maximum atomic E-state index is 12.2. The SMILES string of the molecule is Cc1cccc(C(=O)NC[C@H]2CC[C@@H](NCC(=O)NC(C)(C)C)CC2)c1. The number of carbonyl (C=O) groups is 2. The molecule has 1 fully saturated rings. The van der Waals surface area contributed by atoms with Crippen molar-refractivity contribution in [1.29, 1.82) is 0 Å². The van der Waals surface area contributed by atoms with Crippen LogP contribution in [-0.4, -0.2) is 36.5 Å². The molecule has 2 amide bonds. The van der Waals surface area contributed by atoms with Crippen molar-refractivity contribution in [2.75, 3.05) is 13.1 Å². The quantitative estimate of drug-likeness (QED) is 0.731. The van der Waals surface area contributed by atoms with Gasteiger partial charge < -0.3 is 16.0 Å². The van der Waals surface area contributed by atoms with Crippen LogP contribution in [0.4, 0.5) is 0 Å². The molecule has 0 atom stereocenters. The van der Waals surface area contributed by atoms with Crippen LogP contribution >= 0.6 is 0 Å². The third-order valence-electron chi connectivity index (χ3n) is 4.74. The highest BCUT2D eigenvalue weighted by molar-refractivity contribution is 5.94. The van der Waals surface area contributed by atoms with E-state index >= 15 is 0 Å². The lowest BCUT2D eigenvalue weighted by Crippen LogP contribution is -2.47. The summed E-state index contributed by atoms with van der Waals surface area (Å²) in [6.07, 6.45) is 4.25. The molecule has 1 saturated carbocycles. The van der Waals surface area contributed by atoms with Gasteiger partial charge in [0.25, 0.3) is 5.91 Å². The van der Waals surface area contributed by atoms with E-state index in [1.807, 2.05) is 52.0 Å². The second-order valence-corrected chi connectivity index (χ2v) is 8.48. The van der Waals surface area contributed by atoms with E-state index in [-0.39, 0.29) is 17.4 Å². The number of benzene rings is 1. The van der Waals surface area contributed by atoms with Crippen LogP contribution in [-0.2, 0) is 4.79 Å². The molecule has 0 heterocycles. The van der Waals surface area contributed by atoms with Crippen LogP contribution in [0.3, 0.4) is 0 Å². The first-order valence-electron chi connectivity index (χ1n) is 9.62. The zero-order valence-electron chi connectivity index (χ0n) is 16.5. The number of nitrogens with one attached hydrogen (secondary N) is 3. The summed E-state index contributed by atoms with van der Waals surface area (Å²) in [4.78, 5) is 24.1. The van der Waals surface area contributed by atoms with Gasteiger partial charge in [-0.3, -0.25) is 9.59 Å². The maximum absolute atomic E-state index is 12.2. The van der Waals surface area contributed by atoms with Crippen LogP contribution in [0.15, 0.2) is 24.3 Å². The van der Waals surface area contributed by atoms with Crippen LogP contribution in [0, 0.1) is 12.8 Å². The second-order valence-electron chi connectivity index (χ2n) is 8.48. The van der Waals surface area contributed by atoms with Crippen LogP contribution in [0.25, 0.3) is 0 Å². The van der Waals surface area contributed by atoms with Crippen LogP contribution < -0.4 is 16.0 Å². The fourth-order valence-corrected chi connectivity index (χ4v) is 3.40. The zero-order valence-corrected chi connectivity index (χ0v) is 16.5. The smallest absolute Gasteiger partial charge is 0.251 e. The van der Waals surface area contributed by atoms with Crippen molar-refractivity contribution in [2.45, 2.75) is 65.0 Å². The summed E-state index contributed by atoms with van der Waals surface area (Å²) >= 11 is 0. The van der Waals surface area contributed by atoms with Gasteiger partial charge in [0.15, 0.2) is 0 Å². The van der Waals surface area contributed by atoms with Crippen molar-refractivity contribution in [2.24, 2.45) is 5.92 Å². The van der Waals surface area contributed by atoms with Crippen molar-refractivity contribution < 1.29 is 9.59 Å². The van der Waals surface area contributed by atoms with Gasteiger partial charge in [-0.15, -0.1) is 0 Å². The van der Waals surface area contributed by atoms with Gasteiger partial charge in [-0.25, -0.2) is 0 Å². The van der Waals surface area contributed by atoms with E-state index in [9.17, 15) is 9.59 Å². The maximum Gasteiger partial charge on any atom is 0.251 e. The Balaban J connectivity index is 1.65. The lowest BCUT2D eigenvalue weighted by Gasteiger charge is -2.29. The predicted octanol–water partition coefficient (Wildman–Crippen LogP) is 2.79. The van der Waals surface area contributed by atoms with E-state index in [0.717, 1.165) is 43.4 Å². The molecule has 1 aliphatic rings. The molecule has 0 radical (unpaired) electrons. The predicted molar refractivity (Wildman–Crippen MR) is 105 cm³/mol. The minimum atomic E-state index is -0.189. The third-order valence-corrected chi connectivity index (χ3v) is 4.74. The zero-order chi connectivity index (χ0) is 19.2. The van der Waals surface area contributed by atoms with Gasteiger partial charge in [0.1, 0.15) is 0 Å². The van der Waals surface area contributed by atoms with E-state index in [2.05, 4.69) is 16.0 Å². The van der Waals surface area contributed by atoms with Gasteiger partial charge in [-0.1, -0.05) is 17.7 Å². The molecule has 0 spiro atoms. The van der Waals surface area contributed by atoms with Gasteiger partial charge in [0, 0.05) is 23.7 Å². The molecule has 0 aromatic heterocycles. The van der Waals surface area contributed by atoms with Crippen molar-refractivity contribution in [3.05, 3.63) is 35.4 Å². The molecule has 26 heavy (non-hydrogen) atoms. The van der Waals surface area contributed by atoms with Gasteiger partial charge in [0.2, 0.25) is 5.91 Å². The highest BCUT2D eigenvalue weighted by Gasteiger charge is 2.22. The average molecular weight is 360 g/mol. The van der Waals surface area contributed by atoms with Crippen LogP contribution in [0.5, 0.6) is 0 Å². The molecule has 5 nitrogen and oxygen atoms in total. The largest absolute Gasteiger partial charge is 0.352 e. The molecule has 2 rings (SSSR count). The van der Waals surface area contributed by atoms with Crippen molar-refractivity contribution >= 4 is 11.8 Å². The summed E-state index contributed by atoms with van der Waals surface area (Å²) in [5.74, 6) is 0.572. The van der Waals surface area contributed by atoms with E-state index in [0.29, 0.717) is 18.5 Å². The van der Waals surface area contributed by atoms with Crippen LogP contribution in [0.2, 0.25) is 0 Å². The summed E-state index contributed by atoms with van der Waals surface area (Å²) in [6.45, 7) is 9.05. The first-order chi connectivity index (χ1) is 12.2. The standard InChI is InChI=1S/C21H33N3O2/c1-15-6-5-7-17(12-15)20(26)23-13-16-8-10-18(11-9-16)22-14-19(25)24-21(2,3)4/h5-7,12,16,18,22H,8-11,13-14H2,1-4H3,(H,23,26)(H,24,25)/t16-,18+. The van der Waals surface area contributed by atoms with Gasteiger partial charge in [-0.05, 0) is 71.4 Å². The summed E-state index contributed by atoms with van der Waals surface area (Å²) in [5.41, 5.74) is 1.64. The Morgan fingerprint density at radius 1 is 1.12 bits per heavy atom. The van der Waals surface area contributed by atoms with Crippen LogP contribution in [0.1, 0.15) is 62.4 Å². The molecule has 1 aliphatic carbocycles. The Morgan fingerprint density at radius 3 is 2.42 bits per heavy atom. The number of rotatable bonds is 6. The Kier molecular flexibility index (Phi) is 7.21. The van der Waals surface area contributed by atoms with Gasteiger partial charge >= 0.3 is 0 Å². The number of amides is 2. The molecule has 5 heteroatoms. The lowest BCUT2D eigenvalue weighted by molar-refractivity contribution is -0.121. The first-order valence-corrected chi connectivity index (χ1v) is 9.62. The fourth-order valence-electron chi connectivity index (χ4n) is 3.40. The third kappa shape index (κ3) is 7.16. The average Bonchev–Trinajstić information content (AvgIpc) is 2.57. The molecule has 0 saturated heterocycles. The molecule has 1 aromatic rings. The normalized spacial score (nSPS) is 20.5. The minimum absolute atomic E-state index is 0.00722. The highest BCUT2D eigenvalue weighted by atomic mass is 16.2. The molecular weight excluding hydrogens is 326 g/mol. The highest BCUT2D eigenvalue weighted by Crippen LogP contribution is 2.23. The molecule has 1 aromatic carbocycles. The number of carbonyl (C=O) groups excluding carboxylic acids is 2. The molecule has 144 valence electrons. The first kappa shape index (κ1) is 20.4. The van der Waals surface area contributed by atoms with E-state index in [1.54, 1.807) is 0 Å². The molecule has 3 N–H and O–H groups in total. The molecule has 0 unspecified atom stereocenters. The Morgan fingerprint density at radius 2 is 1.81 bits per heavy atom. The van der Waals surface area contributed by atoms with E-state index < -0.39 is 0 Å².